The average molecular weight is 748 g/mol. The van der Waals surface area contributed by atoms with E-state index < -0.39 is 36.9 Å². The molecule has 0 heterocycles. The molecule has 1 amide bonds. The first kappa shape index (κ1) is 51.5. The summed E-state index contributed by atoms with van der Waals surface area (Å²) in [6, 6.07) is -1.01. The number of rotatable bonds is 41. The summed E-state index contributed by atoms with van der Waals surface area (Å²) in [4.78, 5) is 12.5. The predicted octanol–water partition coefficient (Wildman–Crippen LogP) is 12.1. The zero-order valence-electron chi connectivity index (χ0n) is 35.0. The van der Waals surface area contributed by atoms with Gasteiger partial charge in [-0.3, -0.25) is 4.79 Å². The molecule has 0 aromatic carbocycles. The summed E-state index contributed by atoms with van der Waals surface area (Å²) in [6.45, 7) is 4.03. The van der Waals surface area contributed by atoms with E-state index in [0.717, 1.165) is 51.4 Å². The largest absolute Gasteiger partial charge is 0.394 e. The van der Waals surface area contributed by atoms with Gasteiger partial charge in [0.05, 0.1) is 18.8 Å². The number of carbonyl (C=O) groups excluding carboxylic acids is 1. The van der Waals surface area contributed by atoms with Crippen LogP contribution in [0.25, 0.3) is 0 Å². The van der Waals surface area contributed by atoms with Gasteiger partial charge in [0.2, 0.25) is 5.91 Å². The molecule has 0 aliphatic rings. The minimum atomic E-state index is -1.29. The zero-order chi connectivity index (χ0) is 38.9. The van der Waals surface area contributed by atoms with E-state index in [2.05, 4.69) is 55.6 Å². The maximum atomic E-state index is 12.5. The summed E-state index contributed by atoms with van der Waals surface area (Å²) >= 11 is 0. The van der Waals surface area contributed by atoms with Crippen LogP contribution in [0.4, 0.5) is 0 Å². The molecule has 312 valence electrons. The van der Waals surface area contributed by atoms with E-state index in [9.17, 15) is 25.2 Å². The van der Waals surface area contributed by atoms with Gasteiger partial charge in [-0.1, -0.05) is 185 Å². The number of aliphatic hydroxyl groups is 4. The molecule has 0 aliphatic carbocycles. The lowest BCUT2D eigenvalue weighted by molar-refractivity contribution is -0.132. The Bertz CT molecular complexity index is 843. The van der Waals surface area contributed by atoms with Crippen molar-refractivity contribution in [1.29, 1.82) is 0 Å². The lowest BCUT2D eigenvalue weighted by Gasteiger charge is -2.27. The summed E-state index contributed by atoms with van der Waals surface area (Å²) in [5.41, 5.74) is 0. The van der Waals surface area contributed by atoms with E-state index in [1.54, 1.807) is 0 Å². The van der Waals surface area contributed by atoms with Gasteiger partial charge in [0.15, 0.2) is 0 Å². The zero-order valence-corrected chi connectivity index (χ0v) is 35.0. The highest BCUT2D eigenvalue weighted by Gasteiger charge is 2.28. The smallest absolute Gasteiger partial charge is 0.249 e. The van der Waals surface area contributed by atoms with Crippen LogP contribution < -0.4 is 5.32 Å². The molecule has 0 rings (SSSR count). The van der Waals surface area contributed by atoms with Gasteiger partial charge in [-0.05, 0) is 77.0 Å². The standard InChI is InChI=1S/C47H89NO5/c1-3-5-7-9-11-13-15-17-19-21-22-23-25-26-28-30-32-34-36-38-40-44(50)46(52)43(42-49)48-47(53)45(51)41-39-37-35-33-31-29-27-24-20-18-16-14-12-10-8-6-4-2/h25-27,29,32,34,43-46,49-52H,3-24,28,30-31,33,35-42H2,1-2H3,(H,48,53)/b26-25+,29-27-,34-32+. The summed E-state index contributed by atoms with van der Waals surface area (Å²) in [5.74, 6) is -0.606. The second kappa shape index (κ2) is 41.7. The summed E-state index contributed by atoms with van der Waals surface area (Å²) < 4.78 is 0. The van der Waals surface area contributed by atoms with Crippen LogP contribution in [0.3, 0.4) is 0 Å². The van der Waals surface area contributed by atoms with Crippen LogP contribution in [0, 0.1) is 0 Å². The Hall–Kier alpha value is -1.47. The first-order valence-electron chi connectivity index (χ1n) is 22.9. The van der Waals surface area contributed by atoms with Crippen molar-refractivity contribution < 1.29 is 25.2 Å². The fourth-order valence-corrected chi connectivity index (χ4v) is 6.89. The van der Waals surface area contributed by atoms with E-state index in [4.69, 9.17) is 0 Å². The third-order valence-corrected chi connectivity index (χ3v) is 10.6. The molecule has 4 atom stereocenters. The van der Waals surface area contributed by atoms with Gasteiger partial charge < -0.3 is 25.7 Å². The maximum Gasteiger partial charge on any atom is 0.249 e. The first-order valence-corrected chi connectivity index (χ1v) is 22.9. The monoisotopic (exact) mass is 748 g/mol. The minimum Gasteiger partial charge on any atom is -0.394 e. The Morgan fingerprint density at radius 2 is 0.792 bits per heavy atom. The van der Waals surface area contributed by atoms with Crippen molar-refractivity contribution in [2.24, 2.45) is 0 Å². The van der Waals surface area contributed by atoms with Crippen molar-refractivity contribution in [2.75, 3.05) is 6.61 Å². The Balaban J connectivity index is 3.81. The second-order valence-corrected chi connectivity index (χ2v) is 15.7. The van der Waals surface area contributed by atoms with Gasteiger partial charge in [0, 0.05) is 0 Å². The molecule has 0 aliphatic heterocycles. The summed E-state index contributed by atoms with van der Waals surface area (Å²) in [5, 5.41) is 43.7. The fraction of sp³-hybridized carbons (Fsp3) is 0.851. The Morgan fingerprint density at radius 1 is 0.453 bits per heavy atom. The highest BCUT2D eigenvalue weighted by atomic mass is 16.3. The predicted molar refractivity (Wildman–Crippen MR) is 228 cm³/mol. The second-order valence-electron chi connectivity index (χ2n) is 15.7. The van der Waals surface area contributed by atoms with Crippen molar-refractivity contribution in [3.63, 3.8) is 0 Å². The quantitative estimate of drug-likeness (QED) is 0.0316. The number of amides is 1. The van der Waals surface area contributed by atoms with Gasteiger partial charge in [-0.2, -0.15) is 0 Å². The molecule has 0 spiro atoms. The molecule has 6 nitrogen and oxygen atoms in total. The number of allylic oxidation sites excluding steroid dienone is 6. The maximum absolute atomic E-state index is 12.5. The molecular formula is C47H89NO5. The first-order chi connectivity index (χ1) is 26.0. The molecule has 0 saturated heterocycles. The van der Waals surface area contributed by atoms with Gasteiger partial charge in [-0.15, -0.1) is 0 Å². The van der Waals surface area contributed by atoms with Crippen molar-refractivity contribution in [1.82, 2.24) is 5.32 Å². The third-order valence-electron chi connectivity index (χ3n) is 10.6. The van der Waals surface area contributed by atoms with Gasteiger partial charge >= 0.3 is 0 Å². The lowest BCUT2D eigenvalue weighted by atomic mass is 10.00. The topological polar surface area (TPSA) is 110 Å². The van der Waals surface area contributed by atoms with Crippen molar-refractivity contribution in [2.45, 2.75) is 250 Å². The fourth-order valence-electron chi connectivity index (χ4n) is 6.89. The van der Waals surface area contributed by atoms with E-state index in [-0.39, 0.29) is 0 Å². The van der Waals surface area contributed by atoms with Crippen LogP contribution in [0.1, 0.15) is 226 Å². The summed E-state index contributed by atoms with van der Waals surface area (Å²) in [7, 11) is 0. The van der Waals surface area contributed by atoms with Crippen molar-refractivity contribution >= 4 is 5.91 Å². The highest BCUT2D eigenvalue weighted by molar-refractivity contribution is 5.80. The van der Waals surface area contributed by atoms with Crippen LogP contribution in [0.5, 0.6) is 0 Å². The average Bonchev–Trinajstić information content (AvgIpc) is 3.16. The van der Waals surface area contributed by atoms with Gasteiger partial charge in [0.1, 0.15) is 12.2 Å². The van der Waals surface area contributed by atoms with Crippen molar-refractivity contribution in [3.05, 3.63) is 36.5 Å². The molecule has 0 bridgehead atoms. The number of nitrogens with one attached hydrogen (secondary N) is 1. The number of hydrogen-bond donors (Lipinski definition) is 5. The van der Waals surface area contributed by atoms with Crippen LogP contribution in [0.15, 0.2) is 36.5 Å². The molecule has 0 radical (unpaired) electrons. The molecule has 0 aromatic rings. The van der Waals surface area contributed by atoms with Crippen LogP contribution >= 0.6 is 0 Å². The Kier molecular flexibility index (Phi) is 40.5. The molecule has 0 aromatic heterocycles. The molecule has 0 saturated carbocycles. The van der Waals surface area contributed by atoms with Crippen LogP contribution in [-0.2, 0) is 4.79 Å². The van der Waals surface area contributed by atoms with E-state index in [1.165, 1.54) is 141 Å². The minimum absolute atomic E-state index is 0.346. The van der Waals surface area contributed by atoms with E-state index in [0.29, 0.717) is 19.3 Å². The number of unbranched alkanes of at least 4 members (excludes halogenated alkanes) is 26. The molecule has 5 N–H and O–H groups in total. The molecule has 6 heteroatoms. The molecule has 53 heavy (non-hydrogen) atoms. The molecular weight excluding hydrogens is 659 g/mol. The number of hydrogen-bond acceptors (Lipinski definition) is 5. The van der Waals surface area contributed by atoms with E-state index in [1.807, 2.05) is 0 Å². The van der Waals surface area contributed by atoms with Crippen LogP contribution in [0.2, 0.25) is 0 Å². The Morgan fingerprint density at radius 3 is 1.19 bits per heavy atom. The van der Waals surface area contributed by atoms with Gasteiger partial charge in [-0.25, -0.2) is 0 Å². The number of aliphatic hydroxyl groups excluding tert-OH is 4. The normalized spacial score (nSPS) is 14.5. The van der Waals surface area contributed by atoms with Gasteiger partial charge in [0.25, 0.3) is 0 Å². The molecule has 4 unspecified atom stereocenters. The SMILES string of the molecule is CCCCCCCCCCC/C=C\CCCCCCC(O)C(=O)NC(CO)C(O)C(O)CCC/C=C/CC/C=C/CCCCCCCCCCCCC. The third kappa shape index (κ3) is 36.0. The molecule has 0 fully saturated rings. The highest BCUT2D eigenvalue weighted by Crippen LogP contribution is 2.15. The van der Waals surface area contributed by atoms with Crippen LogP contribution in [-0.4, -0.2) is 57.3 Å². The lowest BCUT2D eigenvalue weighted by Crippen LogP contribution is -2.53. The van der Waals surface area contributed by atoms with Crippen molar-refractivity contribution in [3.8, 4) is 0 Å². The van der Waals surface area contributed by atoms with E-state index >= 15 is 0 Å². The Labute approximate surface area is 328 Å². The number of carbonyl (C=O) groups is 1. The summed E-state index contributed by atoms with van der Waals surface area (Å²) in [6.07, 6.45) is 48.9.